The number of hydrogen-bond acceptors (Lipinski definition) is 2. The second-order valence-corrected chi connectivity index (χ2v) is 2.15. The Bertz CT molecular complexity index is 77.3. The standard InChI is InChI=1S/C5H10O2.C3H6/c1-6-4-5-2-3-7-5;1-3-2/h5H,2-4H2,1H3;3H,1H2,2H3. The lowest BCUT2D eigenvalue weighted by Gasteiger charge is -2.24. The molecule has 0 radical (unpaired) electrons. The van der Waals surface area contributed by atoms with Gasteiger partial charge in [-0.1, -0.05) is 6.08 Å². The summed E-state index contributed by atoms with van der Waals surface area (Å²) in [7, 11) is 1.70. The van der Waals surface area contributed by atoms with Crippen molar-refractivity contribution < 1.29 is 9.47 Å². The molecule has 1 atom stereocenters. The van der Waals surface area contributed by atoms with E-state index in [2.05, 4.69) is 6.58 Å². The van der Waals surface area contributed by atoms with Crippen LogP contribution in [0.3, 0.4) is 0 Å². The molecular weight excluding hydrogens is 128 g/mol. The van der Waals surface area contributed by atoms with E-state index in [-0.39, 0.29) is 0 Å². The summed E-state index contributed by atoms with van der Waals surface area (Å²) >= 11 is 0. The highest BCUT2D eigenvalue weighted by Crippen LogP contribution is 2.09. The zero-order chi connectivity index (χ0) is 7.82. The van der Waals surface area contributed by atoms with Crippen molar-refractivity contribution in [3.63, 3.8) is 0 Å². The highest BCUT2D eigenvalue weighted by atomic mass is 16.5. The summed E-state index contributed by atoms with van der Waals surface area (Å²) in [6.45, 7) is 6.94. The van der Waals surface area contributed by atoms with Crippen LogP contribution in [0, 0.1) is 0 Å². The van der Waals surface area contributed by atoms with Crippen LogP contribution < -0.4 is 0 Å². The highest BCUT2D eigenvalue weighted by Gasteiger charge is 2.16. The van der Waals surface area contributed by atoms with Crippen molar-refractivity contribution in [3.8, 4) is 0 Å². The van der Waals surface area contributed by atoms with Crippen LogP contribution in [0.5, 0.6) is 0 Å². The molecule has 0 aliphatic carbocycles. The lowest BCUT2D eigenvalue weighted by atomic mass is 10.2. The first-order chi connectivity index (χ1) is 4.85. The van der Waals surface area contributed by atoms with Crippen LogP contribution in [0.15, 0.2) is 12.7 Å². The Hall–Kier alpha value is -0.340. The average Bonchev–Trinajstić information content (AvgIpc) is 1.81. The fourth-order valence-corrected chi connectivity index (χ4v) is 0.602. The third-order valence-corrected chi connectivity index (χ3v) is 1.15. The first-order valence-electron chi connectivity index (χ1n) is 3.52. The molecular formula is C8H16O2. The molecule has 0 aromatic heterocycles. The zero-order valence-corrected chi connectivity index (χ0v) is 6.80. The molecule has 1 aliphatic rings. The zero-order valence-electron chi connectivity index (χ0n) is 6.80. The van der Waals surface area contributed by atoms with Gasteiger partial charge < -0.3 is 9.47 Å². The van der Waals surface area contributed by atoms with E-state index < -0.39 is 0 Å². The fourth-order valence-electron chi connectivity index (χ4n) is 0.602. The SMILES string of the molecule is C=CC.COCC1CCO1. The van der Waals surface area contributed by atoms with E-state index >= 15 is 0 Å². The first-order valence-corrected chi connectivity index (χ1v) is 3.52. The molecule has 1 aliphatic heterocycles. The molecule has 60 valence electrons. The molecule has 0 spiro atoms. The monoisotopic (exact) mass is 144 g/mol. The quantitative estimate of drug-likeness (QED) is 0.548. The number of hydrogen-bond donors (Lipinski definition) is 0. The van der Waals surface area contributed by atoms with Crippen LogP contribution in [0.2, 0.25) is 0 Å². The number of rotatable bonds is 2. The summed E-state index contributed by atoms with van der Waals surface area (Å²) in [6, 6.07) is 0. The summed E-state index contributed by atoms with van der Waals surface area (Å²) < 4.78 is 9.87. The second-order valence-electron chi connectivity index (χ2n) is 2.15. The molecule has 0 N–H and O–H groups in total. The Balaban J connectivity index is 0.000000236. The van der Waals surface area contributed by atoms with Gasteiger partial charge in [-0.2, -0.15) is 0 Å². The average molecular weight is 144 g/mol. The van der Waals surface area contributed by atoms with Crippen molar-refractivity contribution in [1.29, 1.82) is 0 Å². The molecule has 0 aromatic carbocycles. The Morgan fingerprint density at radius 1 is 1.80 bits per heavy atom. The van der Waals surface area contributed by atoms with Gasteiger partial charge in [0.25, 0.3) is 0 Å². The van der Waals surface area contributed by atoms with Gasteiger partial charge in [0.15, 0.2) is 0 Å². The largest absolute Gasteiger partial charge is 0.382 e. The molecule has 2 nitrogen and oxygen atoms in total. The van der Waals surface area contributed by atoms with E-state index in [0.717, 1.165) is 13.2 Å². The topological polar surface area (TPSA) is 18.5 Å². The molecule has 2 heteroatoms. The smallest absolute Gasteiger partial charge is 0.0830 e. The third kappa shape index (κ3) is 4.53. The Labute approximate surface area is 62.8 Å². The molecule has 1 saturated heterocycles. The minimum atomic E-state index is 0.407. The molecule has 1 unspecified atom stereocenters. The van der Waals surface area contributed by atoms with Gasteiger partial charge in [-0.25, -0.2) is 0 Å². The predicted octanol–water partition coefficient (Wildman–Crippen LogP) is 1.61. The minimum absolute atomic E-state index is 0.407. The summed E-state index contributed by atoms with van der Waals surface area (Å²) in [5.41, 5.74) is 0. The molecule has 0 saturated carbocycles. The van der Waals surface area contributed by atoms with Gasteiger partial charge >= 0.3 is 0 Å². The lowest BCUT2D eigenvalue weighted by Crippen LogP contribution is -2.30. The molecule has 1 heterocycles. The molecule has 10 heavy (non-hydrogen) atoms. The van der Waals surface area contributed by atoms with Gasteiger partial charge in [0.1, 0.15) is 0 Å². The number of methoxy groups -OCH3 is 1. The van der Waals surface area contributed by atoms with Crippen molar-refractivity contribution in [3.05, 3.63) is 12.7 Å². The first kappa shape index (κ1) is 9.66. The van der Waals surface area contributed by atoms with Gasteiger partial charge in [-0.15, -0.1) is 6.58 Å². The van der Waals surface area contributed by atoms with E-state index in [4.69, 9.17) is 9.47 Å². The number of allylic oxidation sites excluding steroid dienone is 1. The number of ether oxygens (including phenoxy) is 2. The molecule has 0 aromatic rings. The molecule has 1 rings (SSSR count). The Morgan fingerprint density at radius 2 is 2.30 bits per heavy atom. The predicted molar refractivity (Wildman–Crippen MR) is 42.1 cm³/mol. The van der Waals surface area contributed by atoms with Gasteiger partial charge in [0.05, 0.1) is 12.7 Å². The normalized spacial score (nSPS) is 22.0. The van der Waals surface area contributed by atoms with Crippen LogP contribution in [-0.4, -0.2) is 26.4 Å². The van der Waals surface area contributed by atoms with Crippen molar-refractivity contribution >= 4 is 0 Å². The van der Waals surface area contributed by atoms with E-state index in [0.29, 0.717) is 6.10 Å². The maximum absolute atomic E-state index is 5.05. The van der Waals surface area contributed by atoms with Gasteiger partial charge in [-0.05, 0) is 13.3 Å². The summed E-state index contributed by atoms with van der Waals surface area (Å²) in [4.78, 5) is 0. The van der Waals surface area contributed by atoms with Crippen molar-refractivity contribution in [2.24, 2.45) is 0 Å². The van der Waals surface area contributed by atoms with E-state index in [1.807, 2.05) is 6.92 Å². The summed E-state index contributed by atoms with van der Waals surface area (Å²) in [5.74, 6) is 0. The second kappa shape index (κ2) is 6.78. The van der Waals surface area contributed by atoms with Gasteiger partial charge in [0.2, 0.25) is 0 Å². The summed E-state index contributed by atoms with van der Waals surface area (Å²) in [6.07, 6.45) is 3.33. The van der Waals surface area contributed by atoms with Crippen molar-refractivity contribution in [1.82, 2.24) is 0 Å². The Kier molecular flexibility index (Phi) is 6.55. The Morgan fingerprint density at radius 3 is 2.40 bits per heavy atom. The van der Waals surface area contributed by atoms with Gasteiger partial charge in [-0.3, -0.25) is 0 Å². The fraction of sp³-hybridized carbons (Fsp3) is 0.750. The molecule has 1 fully saturated rings. The van der Waals surface area contributed by atoms with E-state index in [9.17, 15) is 0 Å². The van der Waals surface area contributed by atoms with Crippen molar-refractivity contribution in [2.45, 2.75) is 19.4 Å². The van der Waals surface area contributed by atoms with Gasteiger partial charge in [0, 0.05) is 13.7 Å². The molecule has 0 bridgehead atoms. The maximum atomic E-state index is 5.05. The van der Waals surface area contributed by atoms with E-state index in [1.165, 1.54) is 6.42 Å². The van der Waals surface area contributed by atoms with Crippen LogP contribution in [-0.2, 0) is 9.47 Å². The molecule has 0 amide bonds. The van der Waals surface area contributed by atoms with E-state index in [1.54, 1.807) is 13.2 Å². The van der Waals surface area contributed by atoms with Crippen LogP contribution in [0.25, 0.3) is 0 Å². The van der Waals surface area contributed by atoms with Crippen LogP contribution in [0.1, 0.15) is 13.3 Å². The minimum Gasteiger partial charge on any atom is -0.382 e. The lowest BCUT2D eigenvalue weighted by molar-refractivity contribution is -0.0857. The maximum Gasteiger partial charge on any atom is 0.0830 e. The third-order valence-electron chi connectivity index (χ3n) is 1.15. The summed E-state index contributed by atoms with van der Waals surface area (Å²) in [5, 5.41) is 0. The van der Waals surface area contributed by atoms with Crippen LogP contribution >= 0.6 is 0 Å². The van der Waals surface area contributed by atoms with Crippen molar-refractivity contribution in [2.75, 3.05) is 20.3 Å². The van der Waals surface area contributed by atoms with Crippen LogP contribution in [0.4, 0.5) is 0 Å². The highest BCUT2D eigenvalue weighted by molar-refractivity contribution is 4.63.